The van der Waals surface area contributed by atoms with Gasteiger partial charge in [0, 0.05) is 18.3 Å². The lowest BCUT2D eigenvalue weighted by molar-refractivity contribution is -0.127. The molecule has 16 heavy (non-hydrogen) atoms. The zero-order chi connectivity index (χ0) is 12.0. The van der Waals surface area contributed by atoms with Gasteiger partial charge in [0.25, 0.3) is 0 Å². The molecule has 0 spiro atoms. The summed E-state index contributed by atoms with van der Waals surface area (Å²) in [6.07, 6.45) is 0. The van der Waals surface area contributed by atoms with E-state index in [0.29, 0.717) is 12.3 Å². The van der Waals surface area contributed by atoms with Crippen LogP contribution in [0.5, 0.6) is 0 Å². The highest BCUT2D eigenvalue weighted by Crippen LogP contribution is 2.07. The fourth-order valence-electron chi connectivity index (χ4n) is 1.39. The second-order valence-corrected chi connectivity index (χ2v) is 5.04. The van der Waals surface area contributed by atoms with E-state index >= 15 is 0 Å². The third kappa shape index (κ3) is 4.33. The van der Waals surface area contributed by atoms with Crippen molar-refractivity contribution in [1.29, 1.82) is 0 Å². The molecule has 0 aromatic heterocycles. The third-order valence-electron chi connectivity index (χ3n) is 2.20. The zero-order valence-corrected chi connectivity index (χ0v) is 11.1. The number of rotatable bonds is 5. The summed E-state index contributed by atoms with van der Waals surface area (Å²) in [5.41, 5.74) is 2.37. The van der Waals surface area contributed by atoms with Gasteiger partial charge in [0.05, 0.1) is 5.75 Å². The van der Waals surface area contributed by atoms with Crippen LogP contribution in [0.3, 0.4) is 0 Å². The Bertz CT molecular complexity index is 379. The minimum Gasteiger partial charge on any atom is -0.341 e. The Kier molecular flexibility index (Phi) is 5.49. The first-order valence-corrected chi connectivity index (χ1v) is 6.50. The SMILES string of the molecule is Cc1cccc(CN(C)C(=O)CSC=S)c1. The summed E-state index contributed by atoms with van der Waals surface area (Å²) in [6.45, 7) is 2.70. The predicted octanol–water partition coefficient (Wildman–Crippen LogP) is 2.64. The van der Waals surface area contributed by atoms with Crippen LogP contribution in [0.2, 0.25) is 0 Å². The van der Waals surface area contributed by atoms with E-state index in [4.69, 9.17) is 0 Å². The molecule has 1 rings (SSSR count). The monoisotopic (exact) mass is 253 g/mol. The highest BCUT2D eigenvalue weighted by Gasteiger charge is 2.08. The van der Waals surface area contributed by atoms with Crippen molar-refractivity contribution in [1.82, 2.24) is 4.90 Å². The summed E-state index contributed by atoms with van der Waals surface area (Å²) in [5, 5.41) is 0. The van der Waals surface area contributed by atoms with Crippen LogP contribution in [-0.4, -0.2) is 28.3 Å². The fourth-order valence-corrected chi connectivity index (χ4v) is 2.02. The van der Waals surface area contributed by atoms with Crippen molar-refractivity contribution in [2.45, 2.75) is 13.5 Å². The number of nitrogens with zero attached hydrogens (tertiary/aromatic N) is 1. The standard InChI is InChI=1S/C12H15NOS2/c1-10-4-3-5-11(6-10)7-13(2)12(14)8-16-9-15/h3-6,9H,7-8H2,1-2H3. The van der Waals surface area contributed by atoms with Crippen LogP contribution in [-0.2, 0) is 11.3 Å². The summed E-state index contributed by atoms with van der Waals surface area (Å²) in [6, 6.07) is 8.18. The van der Waals surface area contributed by atoms with E-state index in [9.17, 15) is 4.79 Å². The second kappa shape index (κ2) is 6.66. The molecule has 1 amide bonds. The van der Waals surface area contributed by atoms with Gasteiger partial charge in [-0.2, -0.15) is 0 Å². The van der Waals surface area contributed by atoms with Gasteiger partial charge in [-0.15, -0.1) is 11.8 Å². The number of aryl methyl sites for hydroxylation is 1. The Labute approximate surface area is 106 Å². The topological polar surface area (TPSA) is 20.3 Å². The summed E-state index contributed by atoms with van der Waals surface area (Å²) in [7, 11) is 1.81. The van der Waals surface area contributed by atoms with E-state index in [1.807, 2.05) is 32.2 Å². The van der Waals surface area contributed by atoms with Gasteiger partial charge in [0.1, 0.15) is 0 Å². The largest absolute Gasteiger partial charge is 0.341 e. The molecule has 2 nitrogen and oxygen atoms in total. The Morgan fingerprint density at radius 3 is 2.94 bits per heavy atom. The molecule has 1 aromatic rings. The number of hydrogen-bond donors (Lipinski definition) is 0. The van der Waals surface area contributed by atoms with Crippen molar-refractivity contribution in [3.8, 4) is 0 Å². The van der Waals surface area contributed by atoms with Crippen LogP contribution in [0.1, 0.15) is 11.1 Å². The molecular weight excluding hydrogens is 238 g/mol. The molecule has 0 radical (unpaired) electrons. The Hall–Kier alpha value is -0.870. The van der Waals surface area contributed by atoms with E-state index in [0.717, 1.165) is 5.56 Å². The lowest BCUT2D eigenvalue weighted by atomic mass is 10.1. The lowest BCUT2D eigenvalue weighted by Crippen LogP contribution is -2.27. The first-order valence-electron chi connectivity index (χ1n) is 4.98. The maximum absolute atomic E-state index is 11.6. The third-order valence-corrected chi connectivity index (χ3v) is 3.16. The van der Waals surface area contributed by atoms with Crippen LogP contribution in [0.4, 0.5) is 0 Å². The van der Waals surface area contributed by atoms with Crippen LogP contribution < -0.4 is 0 Å². The summed E-state index contributed by atoms with van der Waals surface area (Å²) < 4.78 is 1.53. The molecule has 0 fully saturated rings. The Morgan fingerprint density at radius 2 is 2.31 bits per heavy atom. The average molecular weight is 253 g/mol. The van der Waals surface area contributed by atoms with E-state index in [1.165, 1.54) is 22.0 Å². The lowest BCUT2D eigenvalue weighted by Gasteiger charge is -2.16. The van der Waals surface area contributed by atoms with Gasteiger partial charge in [-0.1, -0.05) is 42.0 Å². The Balaban J connectivity index is 2.53. The van der Waals surface area contributed by atoms with Gasteiger partial charge < -0.3 is 4.90 Å². The molecule has 0 atom stereocenters. The van der Waals surface area contributed by atoms with Crippen molar-refractivity contribution in [2.75, 3.05) is 12.8 Å². The zero-order valence-electron chi connectivity index (χ0n) is 9.47. The minimum atomic E-state index is 0.104. The summed E-state index contributed by atoms with van der Waals surface area (Å²) >= 11 is 6.03. The average Bonchev–Trinajstić information content (AvgIpc) is 2.25. The first-order chi connectivity index (χ1) is 7.63. The number of thioether (sulfide) groups is 1. The van der Waals surface area contributed by atoms with Crippen LogP contribution in [0.25, 0.3) is 0 Å². The molecule has 0 N–H and O–H groups in total. The van der Waals surface area contributed by atoms with Crippen molar-refractivity contribution < 1.29 is 4.79 Å². The second-order valence-electron chi connectivity index (χ2n) is 3.65. The van der Waals surface area contributed by atoms with Crippen molar-refractivity contribution in [3.05, 3.63) is 35.4 Å². The van der Waals surface area contributed by atoms with Crippen molar-refractivity contribution in [3.63, 3.8) is 0 Å². The van der Waals surface area contributed by atoms with Crippen LogP contribution >= 0.6 is 24.0 Å². The van der Waals surface area contributed by atoms with Gasteiger partial charge in [-0.25, -0.2) is 0 Å². The molecule has 0 aliphatic rings. The first kappa shape index (κ1) is 13.2. The van der Waals surface area contributed by atoms with Crippen molar-refractivity contribution in [2.24, 2.45) is 0 Å². The van der Waals surface area contributed by atoms with Gasteiger partial charge in [-0.05, 0) is 12.5 Å². The highest BCUT2D eigenvalue weighted by molar-refractivity contribution is 8.21. The number of carbonyl (C=O) groups is 1. The van der Waals surface area contributed by atoms with Gasteiger partial charge >= 0.3 is 0 Å². The van der Waals surface area contributed by atoms with Crippen LogP contribution in [0.15, 0.2) is 24.3 Å². The van der Waals surface area contributed by atoms with Gasteiger partial charge in [0.15, 0.2) is 0 Å². The molecule has 0 aliphatic heterocycles. The molecule has 0 unspecified atom stereocenters. The normalized spacial score (nSPS) is 9.88. The number of carbonyl (C=O) groups excluding carboxylic acids is 1. The van der Waals surface area contributed by atoms with E-state index in [2.05, 4.69) is 18.3 Å². The van der Waals surface area contributed by atoms with Gasteiger partial charge in [-0.3, -0.25) is 4.79 Å². The number of hydrogen-bond acceptors (Lipinski definition) is 3. The molecule has 4 heteroatoms. The van der Waals surface area contributed by atoms with Crippen LogP contribution in [0, 0.1) is 6.92 Å². The number of benzene rings is 1. The summed E-state index contributed by atoms with van der Waals surface area (Å²) in [5.74, 6) is 0.527. The number of thiocarbonyl (C=S) groups is 1. The fraction of sp³-hybridized carbons (Fsp3) is 0.333. The molecule has 0 saturated heterocycles. The Morgan fingerprint density at radius 1 is 1.56 bits per heavy atom. The van der Waals surface area contributed by atoms with E-state index in [-0.39, 0.29) is 5.91 Å². The van der Waals surface area contributed by atoms with Gasteiger partial charge in [0.2, 0.25) is 5.91 Å². The molecule has 0 saturated carbocycles. The number of amides is 1. The smallest absolute Gasteiger partial charge is 0.232 e. The highest BCUT2D eigenvalue weighted by atomic mass is 32.2. The summed E-state index contributed by atoms with van der Waals surface area (Å²) in [4.78, 5) is 13.4. The molecule has 1 aromatic carbocycles. The van der Waals surface area contributed by atoms with E-state index < -0.39 is 0 Å². The molecular formula is C12H15NOS2. The molecule has 0 heterocycles. The molecule has 0 aliphatic carbocycles. The minimum absolute atomic E-state index is 0.104. The maximum atomic E-state index is 11.6. The quantitative estimate of drug-likeness (QED) is 0.752. The maximum Gasteiger partial charge on any atom is 0.232 e. The van der Waals surface area contributed by atoms with E-state index in [1.54, 1.807) is 4.90 Å². The molecule has 0 bridgehead atoms. The van der Waals surface area contributed by atoms with Crippen molar-refractivity contribution >= 4 is 34.6 Å². The molecule has 86 valence electrons. The predicted molar refractivity (Wildman–Crippen MR) is 73.8 cm³/mol.